The molecule has 88 valence electrons. The smallest absolute Gasteiger partial charge is 0.223 e. The van der Waals surface area contributed by atoms with Crippen LogP contribution in [0.25, 0.3) is 0 Å². The number of nitrogens with one attached hydrogen (secondary N) is 4. The van der Waals surface area contributed by atoms with Gasteiger partial charge in [-0.25, -0.2) is 0 Å². The Balaban J connectivity index is 1.84. The maximum atomic E-state index is 4.84. The minimum absolute atomic E-state index is 0.406. The molecule has 1 aromatic carbocycles. The number of hydrogen-bond acceptors (Lipinski definition) is 4. The van der Waals surface area contributed by atoms with E-state index in [9.17, 15) is 0 Å². The molecule has 0 amide bonds. The molecule has 2 rings (SSSR count). The third-order valence-electron chi connectivity index (χ3n) is 2.12. The summed E-state index contributed by atoms with van der Waals surface area (Å²) in [5, 5.41) is 11.6. The van der Waals surface area contributed by atoms with Crippen molar-refractivity contribution < 1.29 is 0 Å². The molecule has 1 heterocycles. The number of H-pyrrole nitrogens is 2. The van der Waals surface area contributed by atoms with Crippen molar-refractivity contribution in [3.63, 3.8) is 0 Å². The number of nitrogens with zero attached hydrogens (tertiary/aromatic N) is 1. The lowest BCUT2D eigenvalue weighted by atomic mass is 10.2. The molecule has 0 saturated heterocycles. The summed E-state index contributed by atoms with van der Waals surface area (Å²) in [5.74, 6) is 1.20. The van der Waals surface area contributed by atoms with Gasteiger partial charge < -0.3 is 10.6 Å². The summed E-state index contributed by atoms with van der Waals surface area (Å²) in [6.45, 7) is 4.55. The van der Waals surface area contributed by atoms with Gasteiger partial charge in [0.2, 0.25) is 10.7 Å². The van der Waals surface area contributed by atoms with Gasteiger partial charge in [0.15, 0.2) is 0 Å². The van der Waals surface area contributed by atoms with E-state index in [4.69, 9.17) is 12.2 Å². The minimum Gasteiger partial charge on any atom is -0.368 e. The number of aromatic nitrogens is 3. The Kier molecular flexibility index (Phi) is 3.56. The molecule has 0 unspecified atom stereocenters. The highest BCUT2D eigenvalue weighted by Gasteiger charge is 1.98. The van der Waals surface area contributed by atoms with E-state index in [0.717, 1.165) is 0 Å². The third kappa shape index (κ3) is 3.46. The fourth-order valence-corrected chi connectivity index (χ4v) is 1.46. The normalized spacial score (nSPS) is 9.88. The van der Waals surface area contributed by atoms with Crippen LogP contribution in [0.15, 0.2) is 42.7 Å². The largest absolute Gasteiger partial charge is 0.368 e. The lowest BCUT2D eigenvalue weighted by Gasteiger charge is -2.09. The predicted octanol–water partition coefficient (Wildman–Crippen LogP) is 2.14. The fourth-order valence-electron chi connectivity index (χ4n) is 1.32. The van der Waals surface area contributed by atoms with Gasteiger partial charge in [0, 0.05) is 6.54 Å². The maximum absolute atomic E-state index is 4.84. The fraction of sp³-hybridized carbons (Fsp3) is 0.0909. The molecular weight excluding hydrogens is 234 g/mol. The van der Waals surface area contributed by atoms with Crippen LogP contribution >= 0.6 is 12.2 Å². The van der Waals surface area contributed by atoms with E-state index < -0.39 is 0 Å². The lowest BCUT2D eigenvalue weighted by Crippen LogP contribution is -2.18. The molecular formula is C11H13N5S. The first-order valence-electron chi connectivity index (χ1n) is 5.12. The Morgan fingerprint density at radius 1 is 1.29 bits per heavy atom. The summed E-state index contributed by atoms with van der Waals surface area (Å²) in [7, 11) is 0. The zero-order valence-corrected chi connectivity index (χ0v) is 9.97. The van der Waals surface area contributed by atoms with Gasteiger partial charge in [0.05, 0.1) is 5.82 Å². The first-order valence-corrected chi connectivity index (χ1v) is 5.53. The van der Waals surface area contributed by atoms with Gasteiger partial charge in [-0.05, 0) is 17.8 Å². The highest BCUT2D eigenvalue weighted by atomic mass is 32.1. The molecule has 0 radical (unpaired) electrons. The average Bonchev–Trinajstić information content (AvgIpc) is 2.73. The van der Waals surface area contributed by atoms with Crippen LogP contribution in [0, 0.1) is 4.77 Å². The van der Waals surface area contributed by atoms with Crippen molar-refractivity contribution in [1.29, 1.82) is 0 Å². The minimum atomic E-state index is 0.406. The Morgan fingerprint density at radius 3 is 2.71 bits per heavy atom. The Hall–Kier alpha value is -2.08. The molecule has 0 bridgehead atoms. The zero-order chi connectivity index (χ0) is 12.1. The molecule has 0 spiro atoms. The molecule has 5 nitrogen and oxygen atoms in total. The molecule has 0 atom stereocenters. The van der Waals surface area contributed by atoms with Gasteiger partial charge in [0.25, 0.3) is 0 Å². The van der Waals surface area contributed by atoms with Crippen molar-refractivity contribution in [1.82, 2.24) is 20.5 Å². The summed E-state index contributed by atoms with van der Waals surface area (Å²) < 4.78 is 0.406. The molecule has 0 saturated carbocycles. The zero-order valence-electron chi connectivity index (χ0n) is 9.16. The van der Waals surface area contributed by atoms with E-state index in [1.807, 2.05) is 30.3 Å². The van der Waals surface area contributed by atoms with E-state index in [2.05, 4.69) is 32.4 Å². The molecule has 1 aromatic heterocycles. The van der Waals surface area contributed by atoms with Crippen LogP contribution in [0.5, 0.6) is 0 Å². The van der Waals surface area contributed by atoms with Crippen molar-refractivity contribution in [2.24, 2.45) is 0 Å². The van der Waals surface area contributed by atoms with Gasteiger partial charge >= 0.3 is 0 Å². The van der Waals surface area contributed by atoms with Crippen LogP contribution in [0.4, 0.5) is 5.95 Å². The quantitative estimate of drug-likeness (QED) is 0.611. The van der Waals surface area contributed by atoms with Crippen molar-refractivity contribution in [3.8, 4) is 0 Å². The van der Waals surface area contributed by atoms with Gasteiger partial charge in [-0.3, -0.25) is 10.2 Å². The van der Waals surface area contributed by atoms with Gasteiger partial charge in [0.1, 0.15) is 0 Å². The van der Waals surface area contributed by atoms with Crippen molar-refractivity contribution >= 4 is 18.2 Å². The Labute approximate surface area is 104 Å². The van der Waals surface area contributed by atoms with Crippen LogP contribution in [0.3, 0.4) is 0 Å². The molecule has 0 aliphatic carbocycles. The first-order chi connectivity index (χ1) is 8.24. The Morgan fingerprint density at radius 2 is 2.06 bits per heavy atom. The van der Waals surface area contributed by atoms with Crippen LogP contribution in [0.1, 0.15) is 5.56 Å². The number of anilines is 1. The van der Waals surface area contributed by atoms with Crippen LogP contribution in [-0.2, 0) is 6.54 Å². The molecule has 0 fully saturated rings. The molecule has 2 aromatic rings. The van der Waals surface area contributed by atoms with Crippen molar-refractivity contribution in [2.75, 3.05) is 5.32 Å². The second-order valence-corrected chi connectivity index (χ2v) is 3.84. The van der Waals surface area contributed by atoms with E-state index in [0.29, 0.717) is 23.1 Å². The van der Waals surface area contributed by atoms with Gasteiger partial charge in [-0.15, -0.1) is 0 Å². The third-order valence-corrected chi connectivity index (χ3v) is 2.31. The van der Waals surface area contributed by atoms with E-state index in [1.165, 1.54) is 5.56 Å². The SMILES string of the molecule is C=C(NCc1ccccc1)Nc1nc(=S)[nH][nH]1. The van der Waals surface area contributed by atoms with Crippen LogP contribution in [0.2, 0.25) is 0 Å². The van der Waals surface area contributed by atoms with Crippen molar-refractivity contribution in [2.45, 2.75) is 6.54 Å². The lowest BCUT2D eigenvalue weighted by molar-refractivity contribution is 0.816. The van der Waals surface area contributed by atoms with E-state index >= 15 is 0 Å². The Bertz CT molecular complexity index is 542. The number of rotatable bonds is 5. The molecule has 0 aliphatic rings. The van der Waals surface area contributed by atoms with E-state index in [-0.39, 0.29) is 0 Å². The molecule has 4 N–H and O–H groups in total. The summed E-state index contributed by atoms with van der Waals surface area (Å²) >= 11 is 4.84. The van der Waals surface area contributed by atoms with Crippen LogP contribution in [-0.4, -0.2) is 15.2 Å². The number of benzene rings is 1. The summed E-state index contributed by atoms with van der Waals surface area (Å²) in [6, 6.07) is 10.1. The van der Waals surface area contributed by atoms with Crippen molar-refractivity contribution in [3.05, 3.63) is 53.1 Å². The second kappa shape index (κ2) is 5.31. The van der Waals surface area contributed by atoms with Gasteiger partial charge in [-0.1, -0.05) is 36.9 Å². The van der Waals surface area contributed by atoms with Gasteiger partial charge in [-0.2, -0.15) is 4.98 Å². The highest BCUT2D eigenvalue weighted by Crippen LogP contribution is 2.01. The summed E-state index contributed by atoms with van der Waals surface area (Å²) in [4.78, 5) is 4.00. The maximum Gasteiger partial charge on any atom is 0.223 e. The summed E-state index contributed by atoms with van der Waals surface area (Å²) in [6.07, 6.45) is 0. The van der Waals surface area contributed by atoms with E-state index in [1.54, 1.807) is 0 Å². The number of hydrogen-bond donors (Lipinski definition) is 4. The monoisotopic (exact) mass is 247 g/mol. The highest BCUT2D eigenvalue weighted by molar-refractivity contribution is 7.71. The van der Waals surface area contributed by atoms with Crippen LogP contribution < -0.4 is 10.6 Å². The predicted molar refractivity (Wildman–Crippen MR) is 69.8 cm³/mol. The first kappa shape index (κ1) is 11.4. The molecule has 17 heavy (non-hydrogen) atoms. The second-order valence-electron chi connectivity index (χ2n) is 3.46. The molecule has 6 heteroatoms. The number of aromatic amines is 2. The average molecular weight is 247 g/mol. The topological polar surface area (TPSA) is 68.5 Å². The summed E-state index contributed by atoms with van der Waals surface area (Å²) in [5.41, 5.74) is 1.19. The standard InChI is InChI=1S/C11H13N5S/c1-8(13-10-14-11(17)16-15-10)12-7-9-5-3-2-4-6-9/h2-6,12H,1,7H2,(H3,13,14,15,16,17). The molecule has 0 aliphatic heterocycles.